The molecule has 4 heterocycles. The number of carbonyl (C=O) groups excluding carboxylic acids is 4. The van der Waals surface area contributed by atoms with Crippen LogP contribution in [0.3, 0.4) is 0 Å². The Morgan fingerprint density at radius 1 is 0.830 bits per heavy atom. The fourth-order valence-electron chi connectivity index (χ4n) is 7.32. The molecule has 272 valence electrons. The largest absolute Gasteiger partial charge is 0.493 e. The van der Waals surface area contributed by atoms with Gasteiger partial charge in [0.1, 0.15) is 17.1 Å². The van der Waals surface area contributed by atoms with Crippen LogP contribution in [0.25, 0.3) is 11.1 Å². The van der Waals surface area contributed by atoms with Gasteiger partial charge in [-0.05, 0) is 96.8 Å². The van der Waals surface area contributed by atoms with Crippen molar-refractivity contribution in [2.45, 2.75) is 51.6 Å². The molecule has 1 atom stereocenters. The summed E-state index contributed by atoms with van der Waals surface area (Å²) in [6.45, 7) is 2.95. The Labute approximate surface area is 308 Å². The number of hydrogen-bond donors (Lipinski definition) is 2. The molecule has 3 amide bonds. The fourth-order valence-corrected chi connectivity index (χ4v) is 7.32. The SMILES string of the molecule is COC(=O)c1cc(-c2ccc(NC(=O)c3cc(NC(=O)CCCOc4cc5c(cc4C)C(=O)N4Cc6ccccc6C[C@H]4CC5)cn3C)cc2)cn1C. The van der Waals surface area contributed by atoms with Crippen LogP contribution in [-0.4, -0.2) is 57.5 Å². The first-order valence-corrected chi connectivity index (χ1v) is 17.8. The number of methoxy groups -OCH3 is 1. The van der Waals surface area contributed by atoms with Gasteiger partial charge in [0.25, 0.3) is 11.8 Å². The zero-order valence-corrected chi connectivity index (χ0v) is 30.4. The number of aryl methyl sites for hydroxylation is 4. The molecule has 0 spiro atoms. The highest BCUT2D eigenvalue weighted by atomic mass is 16.5. The second-order valence-electron chi connectivity index (χ2n) is 13.8. The van der Waals surface area contributed by atoms with Crippen LogP contribution in [0, 0.1) is 6.92 Å². The Balaban J connectivity index is 0.896. The van der Waals surface area contributed by atoms with E-state index < -0.39 is 5.97 Å². The molecule has 2 aliphatic heterocycles. The minimum Gasteiger partial charge on any atom is -0.493 e. The first kappa shape index (κ1) is 35.3. The summed E-state index contributed by atoms with van der Waals surface area (Å²) in [5.41, 5.74) is 8.91. The van der Waals surface area contributed by atoms with Gasteiger partial charge in [0.05, 0.1) is 19.4 Å². The lowest BCUT2D eigenvalue weighted by molar-refractivity contribution is -0.116. The van der Waals surface area contributed by atoms with E-state index in [2.05, 4.69) is 28.8 Å². The van der Waals surface area contributed by atoms with Crippen LogP contribution in [0.4, 0.5) is 11.4 Å². The summed E-state index contributed by atoms with van der Waals surface area (Å²) in [6.07, 6.45) is 6.88. The molecular formula is C42H43N5O6. The quantitative estimate of drug-likeness (QED) is 0.123. The van der Waals surface area contributed by atoms with Crippen molar-refractivity contribution in [3.63, 3.8) is 0 Å². The molecule has 53 heavy (non-hydrogen) atoms. The smallest absolute Gasteiger partial charge is 0.354 e. The maximum atomic E-state index is 13.7. The summed E-state index contributed by atoms with van der Waals surface area (Å²) < 4.78 is 14.3. The number of nitrogens with zero attached hydrogens (tertiary/aromatic N) is 3. The topological polar surface area (TPSA) is 124 Å². The van der Waals surface area contributed by atoms with Gasteiger partial charge in [0, 0.05) is 62.3 Å². The molecule has 0 saturated carbocycles. The average Bonchev–Trinajstić information content (AvgIpc) is 3.70. The van der Waals surface area contributed by atoms with E-state index >= 15 is 0 Å². The van der Waals surface area contributed by atoms with Gasteiger partial charge in [-0.2, -0.15) is 0 Å². The zero-order chi connectivity index (χ0) is 37.2. The lowest BCUT2D eigenvalue weighted by Crippen LogP contribution is -2.43. The van der Waals surface area contributed by atoms with E-state index in [0.717, 1.165) is 52.8 Å². The van der Waals surface area contributed by atoms with Crippen LogP contribution in [0.2, 0.25) is 0 Å². The first-order chi connectivity index (χ1) is 25.6. The molecule has 2 N–H and O–H groups in total. The van der Waals surface area contributed by atoms with Gasteiger partial charge >= 0.3 is 5.97 Å². The normalized spacial score (nSPS) is 14.8. The van der Waals surface area contributed by atoms with Gasteiger partial charge in [-0.15, -0.1) is 0 Å². The Bertz CT molecular complexity index is 2220. The van der Waals surface area contributed by atoms with Gasteiger partial charge < -0.3 is 34.1 Å². The number of anilines is 2. The van der Waals surface area contributed by atoms with Crippen molar-refractivity contribution in [2.24, 2.45) is 14.1 Å². The number of rotatable bonds is 10. The summed E-state index contributed by atoms with van der Waals surface area (Å²) >= 11 is 0. The van der Waals surface area contributed by atoms with Gasteiger partial charge in [-0.3, -0.25) is 14.4 Å². The molecule has 0 saturated heterocycles. The molecule has 0 radical (unpaired) electrons. The van der Waals surface area contributed by atoms with Crippen molar-refractivity contribution >= 4 is 35.1 Å². The van der Waals surface area contributed by atoms with Crippen molar-refractivity contribution in [2.75, 3.05) is 24.4 Å². The molecule has 0 bridgehead atoms. The van der Waals surface area contributed by atoms with Crippen molar-refractivity contribution < 1.29 is 28.7 Å². The number of nitrogens with one attached hydrogen (secondary N) is 2. The number of fused-ring (bicyclic) bond motifs is 3. The minimum atomic E-state index is -0.412. The lowest BCUT2D eigenvalue weighted by atomic mass is 9.92. The van der Waals surface area contributed by atoms with Crippen LogP contribution < -0.4 is 15.4 Å². The first-order valence-electron chi connectivity index (χ1n) is 17.8. The molecular weight excluding hydrogens is 670 g/mol. The predicted molar refractivity (Wildman–Crippen MR) is 202 cm³/mol. The molecule has 5 aromatic rings. The summed E-state index contributed by atoms with van der Waals surface area (Å²) in [5.74, 6) is -0.0912. The molecule has 0 unspecified atom stereocenters. The van der Waals surface area contributed by atoms with E-state index in [9.17, 15) is 19.2 Å². The van der Waals surface area contributed by atoms with E-state index in [0.29, 0.717) is 42.3 Å². The van der Waals surface area contributed by atoms with E-state index in [1.807, 2.05) is 48.4 Å². The van der Waals surface area contributed by atoms with E-state index in [1.165, 1.54) is 18.2 Å². The Hall–Kier alpha value is -6.10. The second-order valence-corrected chi connectivity index (χ2v) is 13.8. The van der Waals surface area contributed by atoms with Gasteiger partial charge in [0.2, 0.25) is 5.91 Å². The van der Waals surface area contributed by atoms with Gasteiger partial charge in [-0.25, -0.2) is 4.79 Å². The standard InChI is InChI=1S/C42H43N5O6/c1-26-18-35-29(13-16-34-19-28-8-5-6-9-30(28)24-47(34)41(35)50)21-38(26)53-17-7-10-39(48)43-33-22-36(46(3)25-33)40(49)44-32-14-11-27(12-15-32)31-20-37(42(51)52-4)45(2)23-31/h5-6,8-9,11-12,14-15,18,20-23,25,34H,7,10,13,16-17,19,24H2,1-4H3,(H,43,48)(H,44,49)/t34-/m1/s1. The summed E-state index contributed by atoms with van der Waals surface area (Å²) in [5, 5.41) is 5.79. The van der Waals surface area contributed by atoms with Crippen LogP contribution in [0.1, 0.15) is 72.9 Å². The van der Waals surface area contributed by atoms with E-state index in [-0.39, 0.29) is 30.2 Å². The summed E-state index contributed by atoms with van der Waals surface area (Å²) in [7, 11) is 4.87. The molecule has 11 heteroatoms. The fraction of sp³-hybridized carbons (Fsp3) is 0.286. The van der Waals surface area contributed by atoms with Crippen LogP contribution in [-0.2, 0) is 43.0 Å². The summed E-state index contributed by atoms with van der Waals surface area (Å²) in [4.78, 5) is 53.6. The van der Waals surface area contributed by atoms with Crippen molar-refractivity contribution in [3.05, 3.63) is 124 Å². The van der Waals surface area contributed by atoms with E-state index in [1.54, 1.807) is 53.7 Å². The highest BCUT2D eigenvalue weighted by Gasteiger charge is 2.34. The van der Waals surface area contributed by atoms with Crippen LogP contribution >= 0.6 is 0 Å². The minimum absolute atomic E-state index is 0.0835. The van der Waals surface area contributed by atoms with Gasteiger partial charge in [0.15, 0.2) is 0 Å². The summed E-state index contributed by atoms with van der Waals surface area (Å²) in [6, 6.07) is 23.2. The number of amides is 3. The van der Waals surface area contributed by atoms with Gasteiger partial charge in [-0.1, -0.05) is 36.4 Å². The number of benzene rings is 3. The second kappa shape index (κ2) is 14.9. The number of hydrogen-bond acceptors (Lipinski definition) is 6. The highest BCUT2D eigenvalue weighted by Crippen LogP contribution is 2.34. The molecule has 0 aliphatic carbocycles. The third-order valence-corrected chi connectivity index (χ3v) is 10.2. The Morgan fingerprint density at radius 3 is 2.36 bits per heavy atom. The molecule has 7 rings (SSSR count). The average molecular weight is 714 g/mol. The number of aromatic nitrogens is 2. The Kier molecular flexibility index (Phi) is 9.90. The third-order valence-electron chi connectivity index (χ3n) is 10.2. The van der Waals surface area contributed by atoms with Crippen LogP contribution in [0.5, 0.6) is 5.75 Å². The lowest BCUT2D eigenvalue weighted by Gasteiger charge is -2.36. The zero-order valence-electron chi connectivity index (χ0n) is 30.4. The molecule has 11 nitrogen and oxygen atoms in total. The number of carbonyl (C=O) groups is 4. The molecule has 0 fully saturated rings. The highest BCUT2D eigenvalue weighted by molar-refractivity contribution is 6.04. The predicted octanol–water partition coefficient (Wildman–Crippen LogP) is 6.69. The van der Waals surface area contributed by atoms with Crippen molar-refractivity contribution in [3.8, 4) is 16.9 Å². The monoisotopic (exact) mass is 713 g/mol. The number of ether oxygens (including phenoxy) is 2. The molecule has 2 aromatic heterocycles. The molecule has 3 aromatic carbocycles. The van der Waals surface area contributed by atoms with Crippen molar-refractivity contribution in [1.29, 1.82) is 0 Å². The molecule has 2 aliphatic rings. The Morgan fingerprint density at radius 2 is 1.58 bits per heavy atom. The maximum absolute atomic E-state index is 13.7. The number of esters is 1. The van der Waals surface area contributed by atoms with E-state index in [4.69, 9.17) is 9.47 Å². The maximum Gasteiger partial charge on any atom is 0.354 e. The van der Waals surface area contributed by atoms with Crippen LogP contribution in [0.15, 0.2) is 85.2 Å². The third kappa shape index (κ3) is 7.46. The van der Waals surface area contributed by atoms with Crippen molar-refractivity contribution in [1.82, 2.24) is 14.0 Å².